The summed E-state index contributed by atoms with van der Waals surface area (Å²) in [6, 6.07) is 9.63. The van der Waals surface area contributed by atoms with E-state index in [1.165, 1.54) is 33.5 Å². The minimum atomic E-state index is -0.660. The summed E-state index contributed by atoms with van der Waals surface area (Å²) in [6.07, 6.45) is 0. The Balaban J connectivity index is 2.31. The highest BCUT2D eigenvalue weighted by Crippen LogP contribution is 2.39. The molecule has 0 aliphatic heterocycles. The largest absolute Gasteiger partial charge is 0.493 e. The molecule has 0 saturated carbocycles. The summed E-state index contributed by atoms with van der Waals surface area (Å²) < 4.78 is 15.8. The molecule has 0 radical (unpaired) electrons. The van der Waals surface area contributed by atoms with Gasteiger partial charge in [-0.25, -0.2) is 0 Å². The summed E-state index contributed by atoms with van der Waals surface area (Å²) in [7, 11) is 4.38. The van der Waals surface area contributed by atoms with E-state index in [-0.39, 0.29) is 17.2 Å². The second kappa shape index (κ2) is 9.65. The predicted octanol–water partition coefficient (Wildman–Crippen LogP) is 1.86. The van der Waals surface area contributed by atoms with Gasteiger partial charge >= 0.3 is 0 Å². The molecule has 0 heterocycles. The Labute approximate surface area is 166 Å². The molecule has 28 heavy (non-hydrogen) atoms. The molecule has 2 rings (SSSR count). The zero-order valence-corrected chi connectivity index (χ0v) is 16.4. The van der Waals surface area contributed by atoms with E-state index in [1.54, 1.807) is 24.3 Å². The SMILES string of the molecule is COc1cc(C(=O)Sc2ccccc2C(=O)NCC(N)=O)cc(OC)c1OC. The second-order valence-corrected chi connectivity index (χ2v) is 6.46. The lowest BCUT2D eigenvalue weighted by atomic mass is 10.2. The van der Waals surface area contributed by atoms with Crippen molar-refractivity contribution in [3.05, 3.63) is 47.5 Å². The van der Waals surface area contributed by atoms with Gasteiger partial charge < -0.3 is 25.3 Å². The highest BCUT2D eigenvalue weighted by Gasteiger charge is 2.20. The summed E-state index contributed by atoms with van der Waals surface area (Å²) >= 11 is 0.870. The lowest BCUT2D eigenvalue weighted by Crippen LogP contribution is -2.33. The van der Waals surface area contributed by atoms with Crippen LogP contribution in [0.25, 0.3) is 0 Å². The first kappa shape index (κ1) is 21.1. The number of primary amides is 1. The minimum absolute atomic E-state index is 0.259. The number of hydrogen-bond acceptors (Lipinski definition) is 7. The zero-order chi connectivity index (χ0) is 20.7. The molecule has 2 aromatic rings. The van der Waals surface area contributed by atoms with E-state index in [4.69, 9.17) is 19.9 Å². The van der Waals surface area contributed by atoms with E-state index in [2.05, 4.69) is 5.32 Å². The van der Waals surface area contributed by atoms with Gasteiger partial charge in [0.15, 0.2) is 11.5 Å². The van der Waals surface area contributed by atoms with Crippen molar-refractivity contribution in [3.63, 3.8) is 0 Å². The fourth-order valence-corrected chi connectivity index (χ4v) is 3.22. The number of hydrogen-bond donors (Lipinski definition) is 2. The number of nitrogens with two attached hydrogens (primary N) is 1. The third kappa shape index (κ3) is 4.95. The Hall–Kier alpha value is -3.20. The molecule has 0 atom stereocenters. The molecular formula is C19H20N2O6S. The Morgan fingerprint density at radius 2 is 1.61 bits per heavy atom. The number of carbonyl (C=O) groups excluding carboxylic acids is 3. The van der Waals surface area contributed by atoms with Crippen molar-refractivity contribution in [2.45, 2.75) is 4.90 Å². The quantitative estimate of drug-likeness (QED) is 0.645. The maximum atomic E-state index is 12.8. The van der Waals surface area contributed by atoms with E-state index in [1.807, 2.05) is 0 Å². The average Bonchev–Trinajstić information content (AvgIpc) is 2.70. The molecule has 8 nitrogen and oxygen atoms in total. The minimum Gasteiger partial charge on any atom is -0.493 e. The maximum absolute atomic E-state index is 12.8. The molecule has 0 aromatic heterocycles. The van der Waals surface area contributed by atoms with Crippen LogP contribution in [0.3, 0.4) is 0 Å². The smallest absolute Gasteiger partial charge is 0.252 e. The molecule has 148 valence electrons. The van der Waals surface area contributed by atoms with Crippen molar-refractivity contribution in [2.24, 2.45) is 5.73 Å². The third-order valence-corrected chi connectivity index (χ3v) is 4.65. The molecular weight excluding hydrogens is 384 g/mol. The van der Waals surface area contributed by atoms with Crippen LogP contribution in [0, 0.1) is 0 Å². The molecule has 0 spiro atoms. The van der Waals surface area contributed by atoms with Crippen LogP contribution in [-0.2, 0) is 4.79 Å². The Morgan fingerprint density at radius 1 is 1.00 bits per heavy atom. The van der Waals surface area contributed by atoms with Gasteiger partial charge in [-0.15, -0.1) is 0 Å². The van der Waals surface area contributed by atoms with Crippen molar-refractivity contribution in [2.75, 3.05) is 27.9 Å². The summed E-state index contributed by atoms with van der Waals surface area (Å²) in [5, 5.41) is 2.08. The topological polar surface area (TPSA) is 117 Å². The predicted molar refractivity (Wildman–Crippen MR) is 104 cm³/mol. The van der Waals surface area contributed by atoms with Crippen molar-refractivity contribution in [3.8, 4) is 17.2 Å². The number of nitrogens with one attached hydrogen (secondary N) is 1. The lowest BCUT2D eigenvalue weighted by Gasteiger charge is -2.14. The van der Waals surface area contributed by atoms with E-state index in [9.17, 15) is 14.4 Å². The van der Waals surface area contributed by atoms with Crippen molar-refractivity contribution >= 4 is 28.7 Å². The monoisotopic (exact) mass is 404 g/mol. The van der Waals surface area contributed by atoms with Gasteiger partial charge in [-0.05, 0) is 36.0 Å². The van der Waals surface area contributed by atoms with Crippen LogP contribution in [0.5, 0.6) is 17.2 Å². The van der Waals surface area contributed by atoms with Gasteiger partial charge in [0.05, 0.1) is 33.4 Å². The molecule has 0 aliphatic carbocycles. The maximum Gasteiger partial charge on any atom is 0.252 e. The van der Waals surface area contributed by atoms with E-state index >= 15 is 0 Å². The van der Waals surface area contributed by atoms with Gasteiger partial charge in [-0.1, -0.05) is 12.1 Å². The fraction of sp³-hybridized carbons (Fsp3) is 0.211. The van der Waals surface area contributed by atoms with Crippen LogP contribution in [-0.4, -0.2) is 44.8 Å². The number of amides is 2. The van der Waals surface area contributed by atoms with Crippen molar-refractivity contribution < 1.29 is 28.6 Å². The van der Waals surface area contributed by atoms with Crippen molar-refractivity contribution in [1.82, 2.24) is 5.32 Å². The second-order valence-electron chi connectivity index (χ2n) is 5.45. The number of benzene rings is 2. The third-order valence-electron chi connectivity index (χ3n) is 3.66. The Morgan fingerprint density at radius 3 is 2.14 bits per heavy atom. The first-order valence-corrected chi connectivity index (χ1v) is 8.90. The summed E-state index contributed by atoms with van der Waals surface area (Å²) in [4.78, 5) is 36.4. The van der Waals surface area contributed by atoms with Crippen LogP contribution >= 0.6 is 11.8 Å². The normalized spacial score (nSPS) is 10.1. The molecule has 2 aromatic carbocycles. The highest BCUT2D eigenvalue weighted by molar-refractivity contribution is 8.14. The number of carbonyl (C=O) groups is 3. The van der Waals surface area contributed by atoms with Gasteiger partial charge in [-0.3, -0.25) is 14.4 Å². The number of methoxy groups -OCH3 is 3. The van der Waals surface area contributed by atoms with Crippen molar-refractivity contribution in [1.29, 1.82) is 0 Å². The molecule has 0 saturated heterocycles. The molecule has 0 bridgehead atoms. The number of rotatable bonds is 8. The van der Waals surface area contributed by atoms with Crippen LogP contribution in [0.2, 0.25) is 0 Å². The van der Waals surface area contributed by atoms with Crippen LogP contribution in [0.15, 0.2) is 41.3 Å². The molecule has 0 aliphatic rings. The molecule has 3 N–H and O–H groups in total. The summed E-state index contributed by atoms with van der Waals surface area (Å²) in [5.41, 5.74) is 5.62. The fourth-order valence-electron chi connectivity index (χ4n) is 2.36. The van der Waals surface area contributed by atoms with Crippen LogP contribution < -0.4 is 25.3 Å². The van der Waals surface area contributed by atoms with Crippen LogP contribution in [0.1, 0.15) is 20.7 Å². The lowest BCUT2D eigenvalue weighted by molar-refractivity contribution is -0.117. The number of thioether (sulfide) groups is 1. The standard InChI is InChI=1S/C19H20N2O6S/c1-25-13-8-11(9-14(26-2)17(13)27-3)19(24)28-15-7-5-4-6-12(15)18(23)21-10-16(20)22/h4-9H,10H2,1-3H3,(H2,20,22)(H,21,23). The molecule has 0 fully saturated rings. The summed E-state index contributed by atoms with van der Waals surface area (Å²) in [6.45, 7) is -0.293. The molecule has 0 unspecified atom stereocenters. The summed E-state index contributed by atoms with van der Waals surface area (Å²) in [5.74, 6) is -0.0964. The van der Waals surface area contributed by atoms with Gasteiger partial charge in [0.25, 0.3) is 5.91 Å². The van der Waals surface area contributed by atoms with Gasteiger partial charge in [0.2, 0.25) is 16.8 Å². The van der Waals surface area contributed by atoms with E-state index in [0.717, 1.165) is 11.8 Å². The molecule has 2 amide bonds. The molecule has 9 heteroatoms. The zero-order valence-electron chi connectivity index (χ0n) is 15.6. The van der Waals surface area contributed by atoms with Gasteiger partial charge in [-0.2, -0.15) is 0 Å². The van der Waals surface area contributed by atoms with Gasteiger partial charge in [0.1, 0.15) is 0 Å². The Kier molecular flexibility index (Phi) is 7.28. The Bertz CT molecular complexity index is 875. The van der Waals surface area contributed by atoms with Gasteiger partial charge in [0, 0.05) is 10.5 Å². The van der Waals surface area contributed by atoms with E-state index in [0.29, 0.717) is 27.7 Å². The first-order valence-electron chi connectivity index (χ1n) is 8.09. The van der Waals surface area contributed by atoms with E-state index < -0.39 is 11.8 Å². The average molecular weight is 404 g/mol. The first-order chi connectivity index (χ1) is 13.4. The van der Waals surface area contributed by atoms with Crippen LogP contribution in [0.4, 0.5) is 0 Å². The highest BCUT2D eigenvalue weighted by atomic mass is 32.2. The number of ether oxygens (including phenoxy) is 3.